The lowest BCUT2D eigenvalue weighted by Gasteiger charge is -2.03. The highest BCUT2D eigenvalue weighted by Crippen LogP contribution is 2.23. The molecule has 4 nitrogen and oxygen atoms in total. The van der Waals surface area contributed by atoms with Crippen molar-refractivity contribution in [3.05, 3.63) is 58.6 Å². The second-order valence-corrected chi connectivity index (χ2v) is 6.31. The predicted octanol–water partition coefficient (Wildman–Crippen LogP) is 4.00. The van der Waals surface area contributed by atoms with Crippen LogP contribution in [0.3, 0.4) is 0 Å². The zero-order valence-corrected chi connectivity index (χ0v) is 14.3. The number of aromatic nitrogens is 1. The third kappa shape index (κ3) is 3.23. The van der Waals surface area contributed by atoms with Gasteiger partial charge < -0.3 is 9.30 Å². The number of halogens is 1. The molecule has 2 aromatic carbocycles. The van der Waals surface area contributed by atoms with Crippen molar-refractivity contribution in [3.63, 3.8) is 0 Å². The number of hydrogen-bond donors (Lipinski definition) is 0. The molecular weight excluding hydrogens is 327 g/mol. The number of nitrogens with zero attached hydrogens (tertiary/aromatic N) is 2. The maximum Gasteiger partial charge on any atom is 0.279 e. The molecule has 0 aliphatic rings. The fourth-order valence-corrected chi connectivity index (χ4v) is 3.56. The van der Waals surface area contributed by atoms with Gasteiger partial charge in [-0.25, -0.2) is 4.39 Å². The fourth-order valence-electron chi connectivity index (χ4n) is 2.48. The van der Waals surface area contributed by atoms with Crippen LogP contribution in [0.4, 0.5) is 4.39 Å². The molecule has 0 spiro atoms. The van der Waals surface area contributed by atoms with Crippen LogP contribution in [0.15, 0.2) is 47.5 Å². The van der Waals surface area contributed by atoms with Crippen LogP contribution in [-0.2, 0) is 6.54 Å². The molecule has 0 saturated carbocycles. The standard InChI is InChI=1S/C18H17FN2O2S/c1-3-9-21-15-8-7-14(23-2)11-16(15)24-18(21)20-17(22)12-5-4-6-13(19)10-12/h4-8,10-11H,3,9H2,1-2H3. The Bertz CT molecular complexity index is 959. The first-order valence-corrected chi connectivity index (χ1v) is 8.46. The Hall–Kier alpha value is -2.47. The van der Waals surface area contributed by atoms with E-state index in [4.69, 9.17) is 4.74 Å². The van der Waals surface area contributed by atoms with Gasteiger partial charge >= 0.3 is 0 Å². The first-order valence-electron chi connectivity index (χ1n) is 7.64. The summed E-state index contributed by atoms with van der Waals surface area (Å²) in [6, 6.07) is 11.4. The minimum atomic E-state index is -0.446. The van der Waals surface area contributed by atoms with Crippen molar-refractivity contribution >= 4 is 27.5 Å². The first-order chi connectivity index (χ1) is 11.6. The lowest BCUT2D eigenvalue weighted by molar-refractivity contribution is 0.0997. The summed E-state index contributed by atoms with van der Waals surface area (Å²) in [6.07, 6.45) is 0.916. The normalized spacial score (nSPS) is 11.9. The molecule has 24 heavy (non-hydrogen) atoms. The van der Waals surface area contributed by atoms with Crippen molar-refractivity contribution in [2.75, 3.05) is 7.11 Å². The third-order valence-corrected chi connectivity index (χ3v) is 4.65. The number of carbonyl (C=O) groups is 1. The zero-order chi connectivity index (χ0) is 17.1. The van der Waals surface area contributed by atoms with Gasteiger partial charge in [0.2, 0.25) is 0 Å². The molecule has 124 valence electrons. The third-order valence-electron chi connectivity index (χ3n) is 3.61. The van der Waals surface area contributed by atoms with Crippen LogP contribution in [0.25, 0.3) is 10.2 Å². The van der Waals surface area contributed by atoms with Gasteiger partial charge in [-0.1, -0.05) is 24.3 Å². The Kier molecular flexibility index (Phi) is 4.76. The Balaban J connectivity index is 2.13. The summed E-state index contributed by atoms with van der Waals surface area (Å²) in [5.41, 5.74) is 1.25. The summed E-state index contributed by atoms with van der Waals surface area (Å²) in [6.45, 7) is 2.82. The molecule has 0 aliphatic carbocycles. The van der Waals surface area contributed by atoms with Gasteiger partial charge in [0.25, 0.3) is 5.91 Å². The minimum Gasteiger partial charge on any atom is -0.497 e. The highest BCUT2D eigenvalue weighted by Gasteiger charge is 2.10. The Morgan fingerprint density at radius 2 is 2.12 bits per heavy atom. The van der Waals surface area contributed by atoms with Gasteiger partial charge in [0.15, 0.2) is 4.80 Å². The molecular formula is C18H17FN2O2S. The van der Waals surface area contributed by atoms with Crippen LogP contribution in [0.5, 0.6) is 5.75 Å². The van der Waals surface area contributed by atoms with Gasteiger partial charge in [-0.2, -0.15) is 4.99 Å². The Morgan fingerprint density at radius 3 is 2.83 bits per heavy atom. The minimum absolute atomic E-state index is 0.244. The first kappa shape index (κ1) is 16.4. The molecule has 3 aromatic rings. The van der Waals surface area contributed by atoms with Gasteiger partial charge in [0.1, 0.15) is 11.6 Å². The predicted molar refractivity (Wildman–Crippen MR) is 93.0 cm³/mol. The molecule has 0 bridgehead atoms. The molecule has 0 saturated heterocycles. The Labute approximate surface area is 142 Å². The number of hydrogen-bond acceptors (Lipinski definition) is 3. The van der Waals surface area contributed by atoms with Crippen molar-refractivity contribution in [3.8, 4) is 5.75 Å². The number of ether oxygens (including phenoxy) is 1. The summed E-state index contributed by atoms with van der Waals surface area (Å²) < 4.78 is 21.6. The van der Waals surface area contributed by atoms with Gasteiger partial charge in [0.05, 0.1) is 17.3 Å². The molecule has 0 fully saturated rings. The molecule has 1 aromatic heterocycles. The van der Waals surface area contributed by atoms with E-state index in [9.17, 15) is 9.18 Å². The molecule has 3 rings (SSSR count). The van der Waals surface area contributed by atoms with Gasteiger partial charge in [0, 0.05) is 12.1 Å². The highest BCUT2D eigenvalue weighted by atomic mass is 32.1. The lowest BCUT2D eigenvalue weighted by atomic mass is 10.2. The van der Waals surface area contributed by atoms with Crippen LogP contribution < -0.4 is 9.54 Å². The summed E-state index contributed by atoms with van der Waals surface area (Å²) in [5, 5.41) is 0. The second kappa shape index (κ2) is 6.97. The van der Waals surface area contributed by atoms with E-state index < -0.39 is 11.7 Å². The number of aryl methyl sites for hydroxylation is 1. The molecule has 0 radical (unpaired) electrons. The number of rotatable bonds is 4. The van der Waals surface area contributed by atoms with E-state index in [2.05, 4.69) is 11.9 Å². The van der Waals surface area contributed by atoms with Crippen LogP contribution in [0.1, 0.15) is 23.7 Å². The monoisotopic (exact) mass is 344 g/mol. The molecule has 0 unspecified atom stereocenters. The molecule has 1 amide bonds. The van der Waals surface area contributed by atoms with Crippen LogP contribution >= 0.6 is 11.3 Å². The van der Waals surface area contributed by atoms with Crippen molar-refractivity contribution in [1.82, 2.24) is 4.57 Å². The van der Waals surface area contributed by atoms with Gasteiger partial charge in [-0.3, -0.25) is 4.79 Å². The zero-order valence-electron chi connectivity index (χ0n) is 13.5. The second-order valence-electron chi connectivity index (χ2n) is 5.30. The van der Waals surface area contributed by atoms with E-state index in [1.165, 1.54) is 29.5 Å². The highest BCUT2D eigenvalue weighted by molar-refractivity contribution is 7.16. The fraction of sp³-hybridized carbons (Fsp3) is 0.222. The van der Waals surface area contributed by atoms with E-state index in [0.717, 1.165) is 28.9 Å². The van der Waals surface area contributed by atoms with Crippen LogP contribution in [-0.4, -0.2) is 17.6 Å². The maximum absolute atomic E-state index is 13.3. The van der Waals surface area contributed by atoms with Crippen molar-refractivity contribution in [1.29, 1.82) is 0 Å². The number of benzene rings is 2. The number of fused-ring (bicyclic) bond motifs is 1. The van der Waals surface area contributed by atoms with E-state index >= 15 is 0 Å². The number of amides is 1. The van der Waals surface area contributed by atoms with E-state index in [1.807, 2.05) is 22.8 Å². The van der Waals surface area contributed by atoms with Gasteiger partial charge in [-0.15, -0.1) is 0 Å². The van der Waals surface area contributed by atoms with Crippen LogP contribution in [0, 0.1) is 5.82 Å². The average molecular weight is 344 g/mol. The van der Waals surface area contributed by atoms with Crippen LogP contribution in [0.2, 0.25) is 0 Å². The smallest absolute Gasteiger partial charge is 0.279 e. The largest absolute Gasteiger partial charge is 0.497 e. The van der Waals surface area contributed by atoms with E-state index in [-0.39, 0.29) is 5.56 Å². The van der Waals surface area contributed by atoms with Crippen molar-refractivity contribution in [2.45, 2.75) is 19.9 Å². The molecule has 0 aliphatic heterocycles. The quantitative estimate of drug-likeness (QED) is 0.718. The topological polar surface area (TPSA) is 43.6 Å². The van der Waals surface area contributed by atoms with Gasteiger partial charge in [-0.05, 0) is 42.8 Å². The van der Waals surface area contributed by atoms with E-state index in [1.54, 1.807) is 13.2 Å². The summed E-state index contributed by atoms with van der Waals surface area (Å²) in [4.78, 5) is 17.2. The summed E-state index contributed by atoms with van der Waals surface area (Å²) in [7, 11) is 1.62. The summed E-state index contributed by atoms with van der Waals surface area (Å²) >= 11 is 1.42. The van der Waals surface area contributed by atoms with Crippen molar-refractivity contribution < 1.29 is 13.9 Å². The average Bonchev–Trinajstić information content (AvgIpc) is 2.91. The lowest BCUT2D eigenvalue weighted by Crippen LogP contribution is -2.16. The molecule has 1 heterocycles. The van der Waals surface area contributed by atoms with E-state index in [0.29, 0.717) is 4.80 Å². The molecule has 0 atom stereocenters. The molecule has 6 heteroatoms. The SMILES string of the molecule is CCCn1c(=NC(=O)c2cccc(F)c2)sc2cc(OC)ccc21. The Morgan fingerprint density at radius 1 is 1.29 bits per heavy atom. The molecule has 0 N–H and O–H groups in total. The van der Waals surface area contributed by atoms with Crippen molar-refractivity contribution in [2.24, 2.45) is 4.99 Å². The maximum atomic E-state index is 13.3. The summed E-state index contributed by atoms with van der Waals surface area (Å²) in [5.74, 6) is -0.133. The number of carbonyl (C=O) groups excluding carboxylic acids is 1. The number of thiazole rings is 1. The number of methoxy groups -OCH3 is 1.